The molecule has 0 aliphatic heterocycles. The van der Waals surface area contributed by atoms with Crippen molar-refractivity contribution >= 4 is 11.3 Å². The lowest BCUT2D eigenvalue weighted by molar-refractivity contribution is 0.273. The van der Waals surface area contributed by atoms with Crippen molar-refractivity contribution in [3.05, 3.63) is 52.0 Å². The minimum Gasteiger partial charge on any atom is -0.396 e. The second kappa shape index (κ2) is 8.27. The van der Waals surface area contributed by atoms with Gasteiger partial charge in [0, 0.05) is 36.7 Å². The van der Waals surface area contributed by atoms with E-state index in [0.29, 0.717) is 11.8 Å². The van der Waals surface area contributed by atoms with Gasteiger partial charge < -0.3 is 10.4 Å². The first-order valence-electron chi connectivity index (χ1n) is 7.51. The summed E-state index contributed by atoms with van der Waals surface area (Å²) in [6.45, 7) is 6.28. The first kappa shape index (κ1) is 16.1. The molecule has 1 unspecified atom stereocenters. The number of nitrogens with zero attached hydrogens (tertiary/aromatic N) is 1. The second-order valence-corrected chi connectivity index (χ2v) is 6.72. The number of hydrogen-bond donors (Lipinski definition) is 2. The second-order valence-electron chi connectivity index (χ2n) is 5.57. The van der Waals surface area contributed by atoms with Gasteiger partial charge in [-0.15, -0.1) is 11.3 Å². The lowest BCUT2D eigenvalue weighted by Gasteiger charge is -2.16. The molecule has 4 heteroatoms. The molecule has 0 bridgehead atoms. The van der Waals surface area contributed by atoms with E-state index >= 15 is 0 Å². The van der Waals surface area contributed by atoms with Gasteiger partial charge in [-0.05, 0) is 17.9 Å². The average molecular weight is 304 g/mol. The molecule has 2 rings (SSSR count). The zero-order chi connectivity index (χ0) is 15.1. The Kier molecular flexibility index (Phi) is 6.36. The highest BCUT2D eigenvalue weighted by atomic mass is 32.1. The average Bonchev–Trinajstić information content (AvgIpc) is 2.96. The Morgan fingerprint density at radius 3 is 2.62 bits per heavy atom. The maximum Gasteiger partial charge on any atom is 0.0953 e. The van der Waals surface area contributed by atoms with E-state index in [4.69, 9.17) is 0 Å². The summed E-state index contributed by atoms with van der Waals surface area (Å²) in [5.74, 6) is 0.851. The van der Waals surface area contributed by atoms with Crippen LogP contribution in [0.5, 0.6) is 0 Å². The van der Waals surface area contributed by atoms with Crippen LogP contribution in [0.2, 0.25) is 0 Å². The minimum atomic E-state index is 0.222. The van der Waals surface area contributed by atoms with Crippen LogP contribution in [0.1, 0.15) is 47.6 Å². The summed E-state index contributed by atoms with van der Waals surface area (Å²) in [6.07, 6.45) is 2.76. The normalized spacial score (nSPS) is 12.8. The van der Waals surface area contributed by atoms with Crippen molar-refractivity contribution in [2.45, 2.75) is 38.6 Å². The van der Waals surface area contributed by atoms with E-state index < -0.39 is 0 Å². The number of benzene rings is 1. The number of thiazole rings is 1. The molecular formula is C17H24N2OS. The standard InChI is InChI=1S/C17H24N2OS/c1-13(2)17-19-12-16(21-17)11-18-10-15(8-9-20)14-6-4-3-5-7-14/h3-7,12-13,15,18,20H,8-11H2,1-2H3. The zero-order valence-electron chi connectivity index (χ0n) is 12.7. The van der Waals surface area contributed by atoms with Crippen molar-refractivity contribution in [1.29, 1.82) is 0 Å². The number of rotatable bonds is 8. The van der Waals surface area contributed by atoms with Crippen LogP contribution >= 0.6 is 11.3 Å². The molecule has 0 fully saturated rings. The molecule has 0 saturated heterocycles. The summed E-state index contributed by atoms with van der Waals surface area (Å²) in [6, 6.07) is 10.4. The van der Waals surface area contributed by atoms with Crippen molar-refractivity contribution in [3.63, 3.8) is 0 Å². The molecule has 0 saturated carbocycles. The van der Waals surface area contributed by atoms with Crippen molar-refractivity contribution < 1.29 is 5.11 Å². The lowest BCUT2D eigenvalue weighted by atomic mass is 9.96. The van der Waals surface area contributed by atoms with E-state index in [0.717, 1.165) is 19.5 Å². The van der Waals surface area contributed by atoms with Crippen LogP contribution in [0.25, 0.3) is 0 Å². The lowest BCUT2D eigenvalue weighted by Crippen LogP contribution is -2.21. The van der Waals surface area contributed by atoms with Crippen LogP contribution in [-0.2, 0) is 6.54 Å². The fourth-order valence-electron chi connectivity index (χ4n) is 2.31. The first-order chi connectivity index (χ1) is 10.2. The molecule has 1 aromatic heterocycles. The van der Waals surface area contributed by atoms with Gasteiger partial charge in [-0.2, -0.15) is 0 Å². The molecule has 3 nitrogen and oxygen atoms in total. The van der Waals surface area contributed by atoms with E-state index in [1.54, 1.807) is 11.3 Å². The summed E-state index contributed by atoms with van der Waals surface area (Å²) >= 11 is 1.78. The molecule has 1 aromatic carbocycles. The summed E-state index contributed by atoms with van der Waals surface area (Å²) < 4.78 is 0. The summed E-state index contributed by atoms with van der Waals surface area (Å²) in [7, 11) is 0. The largest absolute Gasteiger partial charge is 0.396 e. The Balaban J connectivity index is 1.87. The molecule has 114 valence electrons. The van der Waals surface area contributed by atoms with Crippen molar-refractivity contribution in [2.75, 3.05) is 13.2 Å². The van der Waals surface area contributed by atoms with Crippen LogP contribution in [-0.4, -0.2) is 23.2 Å². The first-order valence-corrected chi connectivity index (χ1v) is 8.33. The van der Waals surface area contributed by atoms with Gasteiger partial charge in [0.2, 0.25) is 0 Å². The monoisotopic (exact) mass is 304 g/mol. The van der Waals surface area contributed by atoms with Crippen molar-refractivity contribution in [2.24, 2.45) is 0 Å². The van der Waals surface area contributed by atoms with Gasteiger partial charge in [0.05, 0.1) is 5.01 Å². The molecule has 0 radical (unpaired) electrons. The van der Waals surface area contributed by atoms with Crippen LogP contribution in [0.4, 0.5) is 0 Å². The molecular weight excluding hydrogens is 280 g/mol. The Morgan fingerprint density at radius 2 is 2.00 bits per heavy atom. The van der Waals surface area contributed by atoms with Gasteiger partial charge in [-0.3, -0.25) is 0 Å². The quantitative estimate of drug-likeness (QED) is 0.784. The fraction of sp³-hybridized carbons (Fsp3) is 0.471. The summed E-state index contributed by atoms with van der Waals surface area (Å²) in [5, 5.41) is 13.9. The van der Waals surface area contributed by atoms with Gasteiger partial charge in [0.15, 0.2) is 0 Å². The smallest absolute Gasteiger partial charge is 0.0953 e. The van der Waals surface area contributed by atoms with E-state index in [2.05, 4.69) is 48.4 Å². The molecule has 1 atom stereocenters. The maximum absolute atomic E-state index is 9.24. The molecule has 1 heterocycles. The van der Waals surface area contributed by atoms with E-state index in [9.17, 15) is 5.11 Å². The third kappa shape index (κ3) is 4.92. The van der Waals surface area contributed by atoms with Crippen molar-refractivity contribution in [3.8, 4) is 0 Å². The number of nitrogens with one attached hydrogen (secondary N) is 1. The third-order valence-electron chi connectivity index (χ3n) is 3.50. The highest BCUT2D eigenvalue weighted by Crippen LogP contribution is 2.22. The SMILES string of the molecule is CC(C)c1ncc(CNCC(CCO)c2ccccc2)s1. The van der Waals surface area contributed by atoms with Crippen LogP contribution in [0, 0.1) is 0 Å². The highest BCUT2D eigenvalue weighted by molar-refractivity contribution is 7.11. The third-order valence-corrected chi connectivity index (χ3v) is 4.80. The van der Waals surface area contributed by atoms with Crippen LogP contribution < -0.4 is 5.32 Å². The minimum absolute atomic E-state index is 0.222. The Hall–Kier alpha value is -1.23. The Labute approximate surface area is 131 Å². The van der Waals surface area contributed by atoms with Gasteiger partial charge in [-0.25, -0.2) is 4.98 Å². The van der Waals surface area contributed by atoms with Crippen molar-refractivity contribution in [1.82, 2.24) is 10.3 Å². The van der Waals surface area contributed by atoms with E-state index in [1.807, 2.05) is 12.3 Å². The topological polar surface area (TPSA) is 45.2 Å². The Morgan fingerprint density at radius 1 is 1.24 bits per heavy atom. The summed E-state index contributed by atoms with van der Waals surface area (Å²) in [4.78, 5) is 5.72. The maximum atomic E-state index is 9.24. The number of aliphatic hydroxyl groups excluding tert-OH is 1. The van der Waals surface area contributed by atoms with Gasteiger partial charge in [0.25, 0.3) is 0 Å². The highest BCUT2D eigenvalue weighted by Gasteiger charge is 2.11. The predicted octanol–water partition coefficient (Wildman–Crippen LogP) is 3.52. The number of aromatic nitrogens is 1. The van der Waals surface area contributed by atoms with E-state index in [-0.39, 0.29) is 6.61 Å². The molecule has 0 aliphatic carbocycles. The summed E-state index contributed by atoms with van der Waals surface area (Å²) in [5.41, 5.74) is 1.28. The van der Waals surface area contributed by atoms with Gasteiger partial charge >= 0.3 is 0 Å². The van der Waals surface area contributed by atoms with E-state index in [1.165, 1.54) is 15.4 Å². The Bertz CT molecular complexity index is 525. The predicted molar refractivity (Wildman–Crippen MR) is 88.8 cm³/mol. The van der Waals surface area contributed by atoms with Crippen LogP contribution in [0.15, 0.2) is 36.5 Å². The fourth-order valence-corrected chi connectivity index (χ4v) is 3.20. The number of hydrogen-bond acceptors (Lipinski definition) is 4. The molecule has 0 aliphatic rings. The molecule has 21 heavy (non-hydrogen) atoms. The van der Waals surface area contributed by atoms with Gasteiger partial charge in [0.1, 0.15) is 0 Å². The van der Waals surface area contributed by atoms with Gasteiger partial charge in [-0.1, -0.05) is 44.2 Å². The zero-order valence-corrected chi connectivity index (χ0v) is 13.6. The molecule has 2 N–H and O–H groups in total. The van der Waals surface area contributed by atoms with Crippen LogP contribution in [0.3, 0.4) is 0 Å². The number of aliphatic hydroxyl groups is 1. The molecule has 0 amide bonds. The molecule has 2 aromatic rings. The molecule has 0 spiro atoms.